The average molecular weight is 713 g/mol. The molecule has 1 fully saturated rings. The van der Waals surface area contributed by atoms with E-state index in [9.17, 15) is 41.4 Å². The number of alkyl halides is 3. The highest BCUT2D eigenvalue weighted by Crippen LogP contribution is 2.29. The minimum absolute atomic E-state index is 0.0114. The molecule has 2 amide bonds. The van der Waals surface area contributed by atoms with Gasteiger partial charge in [-0.25, -0.2) is 12.7 Å². The molecule has 0 heterocycles. The number of carbonyl (C=O) groups excluding carboxylic acids is 2. The monoisotopic (exact) mass is 712 g/mol. The maximum absolute atomic E-state index is 13.7. The van der Waals surface area contributed by atoms with Gasteiger partial charge in [0.2, 0.25) is 21.8 Å². The molecule has 1 aromatic rings. The van der Waals surface area contributed by atoms with Gasteiger partial charge in [-0.2, -0.15) is 13.2 Å². The molecule has 0 spiro atoms. The molecule has 2 rings (SSSR count). The molecular weight excluding hydrogens is 661 g/mol. The molecule has 14 heteroatoms. The average Bonchev–Trinajstić information content (AvgIpc) is 3.04. The molecule has 1 saturated carbocycles. The van der Waals surface area contributed by atoms with Crippen molar-refractivity contribution in [1.29, 1.82) is 0 Å². The molecule has 49 heavy (non-hydrogen) atoms. The Bertz CT molecular complexity index is 1360. The van der Waals surface area contributed by atoms with Crippen molar-refractivity contribution < 1.29 is 41.4 Å². The zero-order valence-corrected chi connectivity index (χ0v) is 29.2. The third kappa shape index (κ3) is 15.5. The predicted octanol–water partition coefficient (Wildman–Crippen LogP) is 2.70. The summed E-state index contributed by atoms with van der Waals surface area (Å²) < 4.78 is 65.9. The lowest BCUT2D eigenvalue weighted by atomic mass is 9.82. The maximum atomic E-state index is 13.7. The molecule has 0 unspecified atom stereocenters. The van der Waals surface area contributed by atoms with E-state index in [1.807, 2.05) is 0 Å². The fourth-order valence-corrected chi connectivity index (χ4v) is 7.37. The van der Waals surface area contributed by atoms with Crippen LogP contribution in [0.1, 0.15) is 63.4 Å². The fourth-order valence-electron chi connectivity index (χ4n) is 5.98. The van der Waals surface area contributed by atoms with Gasteiger partial charge >= 0.3 is 6.18 Å². The Morgan fingerprint density at radius 1 is 1.00 bits per heavy atom. The number of halogens is 3. The SMILES string of the molecule is C#CCC[C@H](O)[C@H](O)[C@H](CC1CCCCC1)NC(=O)[C@H](CC#C)NC(=O)[C@H](Cc1ccccc1)CS(=O)(=O)N(C)CCN(C)CC(F)(F)F. The lowest BCUT2D eigenvalue weighted by molar-refractivity contribution is -0.143. The van der Waals surface area contributed by atoms with Crippen molar-refractivity contribution in [3.63, 3.8) is 0 Å². The number of aliphatic hydroxyl groups is 2. The normalized spacial score (nSPS) is 17.4. The molecule has 1 aliphatic rings. The number of sulfonamides is 1. The van der Waals surface area contributed by atoms with Crippen molar-refractivity contribution in [2.45, 2.75) is 94.7 Å². The first-order chi connectivity index (χ1) is 23.1. The van der Waals surface area contributed by atoms with E-state index >= 15 is 0 Å². The lowest BCUT2D eigenvalue weighted by Crippen LogP contribution is -2.56. The van der Waals surface area contributed by atoms with E-state index < -0.39 is 70.5 Å². The Morgan fingerprint density at radius 3 is 2.24 bits per heavy atom. The summed E-state index contributed by atoms with van der Waals surface area (Å²) in [5, 5.41) is 27.1. The summed E-state index contributed by atoms with van der Waals surface area (Å²) in [6, 6.07) is 6.52. The number of aliphatic hydroxyl groups excluding tert-OH is 2. The zero-order chi connectivity index (χ0) is 36.6. The third-order valence-electron chi connectivity index (χ3n) is 8.81. The molecule has 1 aromatic carbocycles. The minimum Gasteiger partial charge on any atom is -0.390 e. The van der Waals surface area contributed by atoms with E-state index in [1.165, 1.54) is 14.1 Å². The molecule has 274 valence electrons. The van der Waals surface area contributed by atoms with Gasteiger partial charge in [-0.05, 0) is 37.8 Å². The number of hydrogen-bond acceptors (Lipinski definition) is 7. The standard InChI is InChI=1S/C35H51F3N4O6S/c1-5-7-19-31(43)32(44)30(23-27-17-12-9-13-18-27)40-34(46)29(14-6-2)39-33(45)28(22-26-15-10-8-11-16-26)24-49(47,48)42(4)21-20-41(3)25-35(36,37)38/h1-2,8,10-11,15-16,27-32,43-44H,7,9,12-14,17-25H2,3-4H3,(H,39,45)(H,40,46)/t28-,29+,30+,31+,32-/m1/s1. The van der Waals surface area contributed by atoms with Gasteiger partial charge in [-0.3, -0.25) is 14.5 Å². The molecule has 0 radical (unpaired) electrons. The summed E-state index contributed by atoms with van der Waals surface area (Å²) in [6.45, 7) is -1.64. The topological polar surface area (TPSA) is 139 Å². The second-order valence-electron chi connectivity index (χ2n) is 13.0. The molecule has 4 N–H and O–H groups in total. The number of terminal acetylenes is 2. The second-order valence-corrected chi connectivity index (χ2v) is 15.1. The number of carbonyl (C=O) groups is 2. The third-order valence-corrected chi connectivity index (χ3v) is 10.8. The van der Waals surface area contributed by atoms with Gasteiger partial charge in [0.05, 0.1) is 30.4 Å². The van der Waals surface area contributed by atoms with Gasteiger partial charge in [0, 0.05) is 33.0 Å². The highest BCUT2D eigenvalue weighted by Gasteiger charge is 2.35. The first-order valence-corrected chi connectivity index (χ1v) is 18.2. The van der Waals surface area contributed by atoms with Crippen molar-refractivity contribution in [2.75, 3.05) is 39.5 Å². The van der Waals surface area contributed by atoms with Crippen LogP contribution in [0.4, 0.5) is 13.2 Å². The van der Waals surface area contributed by atoms with Gasteiger partial charge in [0.15, 0.2) is 0 Å². The van der Waals surface area contributed by atoms with E-state index in [-0.39, 0.29) is 44.7 Å². The summed E-state index contributed by atoms with van der Waals surface area (Å²) in [6.07, 6.45) is 9.37. The summed E-state index contributed by atoms with van der Waals surface area (Å²) >= 11 is 0. The van der Waals surface area contributed by atoms with Gasteiger partial charge in [-0.15, -0.1) is 24.7 Å². The summed E-state index contributed by atoms with van der Waals surface area (Å²) in [5.74, 6) is 1.68. The van der Waals surface area contributed by atoms with Crippen molar-refractivity contribution in [3.8, 4) is 24.7 Å². The predicted molar refractivity (Wildman–Crippen MR) is 182 cm³/mol. The Morgan fingerprint density at radius 2 is 1.65 bits per heavy atom. The van der Waals surface area contributed by atoms with Crippen molar-refractivity contribution in [3.05, 3.63) is 35.9 Å². The largest absolute Gasteiger partial charge is 0.401 e. The Hall–Kier alpha value is -3.14. The Labute approximate surface area is 289 Å². The number of likely N-dealkylation sites (N-methyl/N-ethyl adjacent to an activating group) is 2. The lowest BCUT2D eigenvalue weighted by Gasteiger charge is -2.33. The van der Waals surface area contributed by atoms with E-state index in [0.29, 0.717) is 12.0 Å². The number of nitrogens with one attached hydrogen (secondary N) is 2. The van der Waals surface area contributed by atoms with Crippen LogP contribution < -0.4 is 10.6 Å². The first-order valence-electron chi connectivity index (χ1n) is 16.6. The summed E-state index contributed by atoms with van der Waals surface area (Å²) in [7, 11) is -1.68. The fraction of sp³-hybridized carbons (Fsp3) is 0.657. The van der Waals surface area contributed by atoms with Crippen LogP contribution in [-0.2, 0) is 26.0 Å². The van der Waals surface area contributed by atoms with Crippen LogP contribution in [0.5, 0.6) is 0 Å². The molecule has 0 saturated heterocycles. The van der Waals surface area contributed by atoms with Gasteiger partial charge in [-0.1, -0.05) is 62.4 Å². The molecule has 1 aliphatic carbocycles. The van der Waals surface area contributed by atoms with Gasteiger partial charge in [0.25, 0.3) is 0 Å². The number of rotatable bonds is 20. The Kier molecular flexibility index (Phi) is 17.6. The van der Waals surface area contributed by atoms with Crippen LogP contribution in [0.25, 0.3) is 0 Å². The van der Waals surface area contributed by atoms with Gasteiger partial charge in [0.1, 0.15) is 12.1 Å². The van der Waals surface area contributed by atoms with E-state index in [1.54, 1.807) is 30.3 Å². The second kappa shape index (κ2) is 20.5. The summed E-state index contributed by atoms with van der Waals surface area (Å²) in [4.78, 5) is 28.3. The molecule has 10 nitrogen and oxygen atoms in total. The van der Waals surface area contributed by atoms with E-state index in [0.717, 1.165) is 41.3 Å². The number of hydrogen-bond donors (Lipinski definition) is 4. The van der Waals surface area contributed by atoms with Crippen LogP contribution in [0.3, 0.4) is 0 Å². The molecule has 0 aliphatic heterocycles. The van der Waals surface area contributed by atoms with Crippen LogP contribution in [0.2, 0.25) is 0 Å². The van der Waals surface area contributed by atoms with Crippen LogP contribution in [-0.4, -0.2) is 110 Å². The van der Waals surface area contributed by atoms with Crippen molar-refractivity contribution in [1.82, 2.24) is 19.8 Å². The molecule has 0 bridgehead atoms. The van der Waals surface area contributed by atoms with E-state index in [2.05, 4.69) is 22.5 Å². The van der Waals surface area contributed by atoms with Crippen LogP contribution >= 0.6 is 0 Å². The van der Waals surface area contributed by atoms with Crippen LogP contribution in [0, 0.1) is 36.5 Å². The quantitative estimate of drug-likeness (QED) is 0.153. The first kappa shape index (κ1) is 42.0. The minimum atomic E-state index is -4.44. The van der Waals surface area contributed by atoms with E-state index in [4.69, 9.17) is 12.8 Å². The highest BCUT2D eigenvalue weighted by molar-refractivity contribution is 7.89. The maximum Gasteiger partial charge on any atom is 0.401 e. The number of amides is 2. The zero-order valence-electron chi connectivity index (χ0n) is 28.4. The highest BCUT2D eigenvalue weighted by atomic mass is 32.2. The molecule has 5 atom stereocenters. The van der Waals surface area contributed by atoms with Crippen molar-refractivity contribution in [2.24, 2.45) is 11.8 Å². The smallest absolute Gasteiger partial charge is 0.390 e. The summed E-state index contributed by atoms with van der Waals surface area (Å²) in [5.41, 5.74) is 0.653. The molecular formula is C35H51F3N4O6S. The number of nitrogens with zero attached hydrogens (tertiary/aromatic N) is 2. The Balaban J connectivity index is 2.25. The number of benzene rings is 1. The van der Waals surface area contributed by atoms with Gasteiger partial charge < -0.3 is 20.8 Å². The van der Waals surface area contributed by atoms with Crippen LogP contribution in [0.15, 0.2) is 30.3 Å². The van der Waals surface area contributed by atoms with Crippen molar-refractivity contribution >= 4 is 21.8 Å². The molecule has 0 aromatic heterocycles.